The number of carbonyl (C=O) groups is 1. The van der Waals surface area contributed by atoms with Crippen LogP contribution in [0.2, 0.25) is 0 Å². The Morgan fingerprint density at radius 3 is 2.60 bits per heavy atom. The van der Waals surface area contributed by atoms with E-state index in [0.29, 0.717) is 6.61 Å². The maximum absolute atomic E-state index is 11.2. The monoisotopic (exact) mass is 212 g/mol. The summed E-state index contributed by atoms with van der Waals surface area (Å²) in [5.41, 5.74) is -0.212. The molecular weight excluding hydrogens is 192 g/mol. The molecule has 0 N–H and O–H groups in total. The van der Waals surface area contributed by atoms with Gasteiger partial charge in [-0.05, 0) is 13.5 Å². The van der Waals surface area contributed by atoms with Crippen LogP contribution in [-0.2, 0) is 9.53 Å². The number of rotatable bonds is 3. The maximum atomic E-state index is 11.2. The van der Waals surface area contributed by atoms with Crippen LogP contribution in [0.4, 0.5) is 0 Å². The van der Waals surface area contributed by atoms with Crippen LogP contribution in [0.3, 0.4) is 0 Å². The van der Waals surface area contributed by atoms with Crippen molar-refractivity contribution in [2.75, 3.05) is 53.0 Å². The lowest BCUT2D eigenvalue weighted by atomic mass is 9.88. The largest absolute Gasteiger partial charge is 0.380 e. The number of likely N-dealkylation sites (N-methyl/N-ethyl adjacent to an activating group) is 1. The van der Waals surface area contributed by atoms with E-state index in [1.54, 1.807) is 0 Å². The van der Waals surface area contributed by atoms with Crippen LogP contribution in [0.25, 0.3) is 0 Å². The first-order valence-corrected chi connectivity index (χ1v) is 5.69. The van der Waals surface area contributed by atoms with Crippen LogP contribution >= 0.6 is 0 Å². The molecule has 1 unspecified atom stereocenters. The van der Waals surface area contributed by atoms with Crippen molar-refractivity contribution in [1.82, 2.24) is 9.80 Å². The standard InChI is InChI=1S/C11H20N2O2/c1-12-3-5-13(6-4-12)8-11(9-14)2-7-15-10-11/h9H,2-8,10H2,1H3. The van der Waals surface area contributed by atoms with Gasteiger partial charge in [0.1, 0.15) is 6.29 Å². The average Bonchev–Trinajstić information content (AvgIpc) is 2.71. The Kier molecular flexibility index (Phi) is 3.38. The molecule has 86 valence electrons. The van der Waals surface area contributed by atoms with Crippen LogP contribution < -0.4 is 0 Å². The van der Waals surface area contributed by atoms with Crippen molar-refractivity contribution in [2.24, 2.45) is 5.41 Å². The van der Waals surface area contributed by atoms with Crippen LogP contribution in [-0.4, -0.2) is 69.1 Å². The first-order valence-electron chi connectivity index (χ1n) is 5.69. The van der Waals surface area contributed by atoms with E-state index in [2.05, 4.69) is 16.8 Å². The predicted molar refractivity (Wildman–Crippen MR) is 57.9 cm³/mol. The first kappa shape index (κ1) is 11.0. The van der Waals surface area contributed by atoms with Crippen LogP contribution in [0, 0.1) is 5.41 Å². The van der Waals surface area contributed by atoms with Crippen molar-refractivity contribution >= 4 is 6.29 Å². The number of nitrogens with zero attached hydrogens (tertiary/aromatic N) is 2. The zero-order valence-corrected chi connectivity index (χ0v) is 9.45. The predicted octanol–water partition coefficient (Wildman–Crippen LogP) is -0.161. The lowest BCUT2D eigenvalue weighted by molar-refractivity contribution is -0.117. The molecule has 2 saturated heterocycles. The fourth-order valence-electron chi connectivity index (χ4n) is 2.33. The molecule has 2 fully saturated rings. The summed E-state index contributed by atoms with van der Waals surface area (Å²) in [5, 5.41) is 0. The van der Waals surface area contributed by atoms with Gasteiger partial charge in [0.25, 0.3) is 0 Å². The smallest absolute Gasteiger partial charge is 0.129 e. The molecule has 0 aromatic heterocycles. The Morgan fingerprint density at radius 1 is 1.33 bits per heavy atom. The van der Waals surface area contributed by atoms with E-state index in [9.17, 15) is 4.79 Å². The fourth-order valence-corrected chi connectivity index (χ4v) is 2.33. The van der Waals surface area contributed by atoms with E-state index in [4.69, 9.17) is 4.74 Å². The van der Waals surface area contributed by atoms with Gasteiger partial charge in [-0.2, -0.15) is 0 Å². The van der Waals surface area contributed by atoms with Crippen molar-refractivity contribution in [2.45, 2.75) is 6.42 Å². The number of ether oxygens (including phenoxy) is 1. The highest BCUT2D eigenvalue weighted by Crippen LogP contribution is 2.27. The highest BCUT2D eigenvalue weighted by atomic mass is 16.5. The van der Waals surface area contributed by atoms with E-state index in [1.165, 1.54) is 0 Å². The fraction of sp³-hybridized carbons (Fsp3) is 0.909. The minimum Gasteiger partial charge on any atom is -0.380 e. The van der Waals surface area contributed by atoms with Gasteiger partial charge in [-0.3, -0.25) is 4.90 Å². The van der Waals surface area contributed by atoms with E-state index in [-0.39, 0.29) is 5.41 Å². The van der Waals surface area contributed by atoms with Crippen LogP contribution in [0.1, 0.15) is 6.42 Å². The molecule has 0 aromatic carbocycles. The number of hydrogen-bond acceptors (Lipinski definition) is 4. The first-order chi connectivity index (χ1) is 7.24. The lowest BCUT2D eigenvalue weighted by Gasteiger charge is -2.36. The number of carbonyl (C=O) groups excluding carboxylic acids is 1. The zero-order valence-electron chi connectivity index (χ0n) is 9.45. The minimum atomic E-state index is -0.212. The van der Waals surface area contributed by atoms with Gasteiger partial charge in [-0.15, -0.1) is 0 Å². The van der Waals surface area contributed by atoms with Gasteiger partial charge in [0, 0.05) is 39.3 Å². The van der Waals surface area contributed by atoms with Crippen LogP contribution in [0.15, 0.2) is 0 Å². The highest BCUT2D eigenvalue weighted by molar-refractivity contribution is 5.60. The summed E-state index contributed by atoms with van der Waals surface area (Å²) in [5.74, 6) is 0. The van der Waals surface area contributed by atoms with Gasteiger partial charge in [0.2, 0.25) is 0 Å². The van der Waals surface area contributed by atoms with E-state index >= 15 is 0 Å². The molecule has 2 rings (SSSR count). The summed E-state index contributed by atoms with van der Waals surface area (Å²) in [7, 11) is 2.14. The molecule has 15 heavy (non-hydrogen) atoms. The van der Waals surface area contributed by atoms with Crippen molar-refractivity contribution < 1.29 is 9.53 Å². The quantitative estimate of drug-likeness (QED) is 0.609. The Morgan fingerprint density at radius 2 is 2.07 bits per heavy atom. The minimum absolute atomic E-state index is 0.212. The van der Waals surface area contributed by atoms with Crippen molar-refractivity contribution in [3.63, 3.8) is 0 Å². The molecule has 2 heterocycles. The van der Waals surface area contributed by atoms with Gasteiger partial charge < -0.3 is 14.4 Å². The van der Waals surface area contributed by atoms with E-state index in [0.717, 1.165) is 52.0 Å². The van der Waals surface area contributed by atoms with Gasteiger partial charge >= 0.3 is 0 Å². The lowest BCUT2D eigenvalue weighted by Crippen LogP contribution is -2.49. The molecule has 0 saturated carbocycles. The molecule has 0 spiro atoms. The SMILES string of the molecule is CN1CCN(CC2(C=O)CCOC2)CC1. The van der Waals surface area contributed by atoms with Gasteiger partial charge in [-0.1, -0.05) is 0 Å². The van der Waals surface area contributed by atoms with Crippen molar-refractivity contribution in [1.29, 1.82) is 0 Å². The van der Waals surface area contributed by atoms with Gasteiger partial charge in [0.05, 0.1) is 12.0 Å². The summed E-state index contributed by atoms with van der Waals surface area (Å²) in [6.07, 6.45) is 2.00. The number of aldehydes is 1. The van der Waals surface area contributed by atoms with Gasteiger partial charge in [0.15, 0.2) is 0 Å². The molecule has 2 aliphatic heterocycles. The highest BCUT2D eigenvalue weighted by Gasteiger charge is 2.36. The maximum Gasteiger partial charge on any atom is 0.129 e. The Labute approximate surface area is 91.2 Å². The second kappa shape index (κ2) is 4.60. The normalized spacial score (nSPS) is 34.5. The Hall–Kier alpha value is -0.450. The second-order valence-electron chi connectivity index (χ2n) is 4.86. The molecule has 4 heteroatoms. The number of hydrogen-bond donors (Lipinski definition) is 0. The third kappa shape index (κ3) is 2.56. The van der Waals surface area contributed by atoms with Crippen molar-refractivity contribution in [3.05, 3.63) is 0 Å². The molecule has 2 aliphatic rings. The zero-order chi connectivity index (χ0) is 10.7. The second-order valence-corrected chi connectivity index (χ2v) is 4.86. The Balaban J connectivity index is 1.87. The molecule has 0 radical (unpaired) electrons. The summed E-state index contributed by atoms with van der Waals surface area (Å²) in [6.45, 7) is 6.60. The summed E-state index contributed by atoms with van der Waals surface area (Å²) < 4.78 is 5.35. The molecule has 1 atom stereocenters. The van der Waals surface area contributed by atoms with Gasteiger partial charge in [-0.25, -0.2) is 0 Å². The van der Waals surface area contributed by atoms with E-state index in [1.807, 2.05) is 0 Å². The molecular formula is C11H20N2O2. The van der Waals surface area contributed by atoms with Crippen molar-refractivity contribution in [3.8, 4) is 0 Å². The molecule has 4 nitrogen and oxygen atoms in total. The Bertz CT molecular complexity index is 219. The summed E-state index contributed by atoms with van der Waals surface area (Å²) >= 11 is 0. The number of piperazine rings is 1. The molecule has 0 amide bonds. The van der Waals surface area contributed by atoms with Crippen LogP contribution in [0.5, 0.6) is 0 Å². The third-order valence-electron chi connectivity index (χ3n) is 3.52. The third-order valence-corrected chi connectivity index (χ3v) is 3.52. The molecule has 0 aliphatic carbocycles. The topological polar surface area (TPSA) is 32.8 Å². The van der Waals surface area contributed by atoms with E-state index < -0.39 is 0 Å². The summed E-state index contributed by atoms with van der Waals surface area (Å²) in [6, 6.07) is 0. The molecule has 0 aromatic rings. The summed E-state index contributed by atoms with van der Waals surface area (Å²) in [4.78, 5) is 15.9. The average molecular weight is 212 g/mol. The molecule has 0 bridgehead atoms.